The van der Waals surface area contributed by atoms with Crippen LogP contribution in [0.4, 0.5) is 11.4 Å². The SMILES string of the molecule is O=Nc1ccc(N(CCBr)CCBr)cc1. The number of hydrogen-bond donors (Lipinski definition) is 0. The highest BCUT2D eigenvalue weighted by Gasteiger charge is 2.04. The molecule has 0 aliphatic heterocycles. The number of nitrogens with zero attached hydrogens (tertiary/aromatic N) is 2. The van der Waals surface area contributed by atoms with Crippen LogP contribution in [0.3, 0.4) is 0 Å². The van der Waals surface area contributed by atoms with Gasteiger partial charge in [0.1, 0.15) is 5.69 Å². The van der Waals surface area contributed by atoms with Crippen LogP contribution in [0.15, 0.2) is 29.4 Å². The van der Waals surface area contributed by atoms with Crippen LogP contribution < -0.4 is 4.90 Å². The molecule has 1 aromatic carbocycles. The summed E-state index contributed by atoms with van der Waals surface area (Å²) in [5.41, 5.74) is 1.58. The van der Waals surface area contributed by atoms with Gasteiger partial charge in [0.05, 0.1) is 0 Å². The van der Waals surface area contributed by atoms with Crippen molar-refractivity contribution in [1.29, 1.82) is 0 Å². The first kappa shape index (κ1) is 12.6. The number of alkyl halides is 2. The molecule has 0 aromatic heterocycles. The average Bonchev–Trinajstić information content (AvgIpc) is 2.29. The molecular weight excluding hydrogens is 324 g/mol. The molecule has 1 rings (SSSR count). The molecule has 0 aliphatic carbocycles. The number of halogens is 2. The second-order valence-electron chi connectivity index (χ2n) is 2.97. The molecule has 0 saturated carbocycles. The van der Waals surface area contributed by atoms with Gasteiger partial charge in [0.2, 0.25) is 0 Å². The molecule has 15 heavy (non-hydrogen) atoms. The van der Waals surface area contributed by atoms with Crippen molar-refractivity contribution in [2.75, 3.05) is 28.6 Å². The molecule has 0 fully saturated rings. The Labute approximate surface area is 106 Å². The summed E-state index contributed by atoms with van der Waals surface area (Å²) < 4.78 is 0. The zero-order valence-corrected chi connectivity index (χ0v) is 11.4. The summed E-state index contributed by atoms with van der Waals surface area (Å²) >= 11 is 6.84. The van der Waals surface area contributed by atoms with Crippen LogP contribution in [0.2, 0.25) is 0 Å². The number of benzene rings is 1. The van der Waals surface area contributed by atoms with E-state index in [9.17, 15) is 4.91 Å². The van der Waals surface area contributed by atoms with Gasteiger partial charge in [0, 0.05) is 29.4 Å². The highest BCUT2D eigenvalue weighted by Crippen LogP contribution is 2.19. The molecule has 0 heterocycles. The molecule has 3 nitrogen and oxygen atoms in total. The van der Waals surface area contributed by atoms with Crippen molar-refractivity contribution in [2.45, 2.75) is 0 Å². The fourth-order valence-electron chi connectivity index (χ4n) is 1.30. The normalized spacial score (nSPS) is 10.0. The van der Waals surface area contributed by atoms with Gasteiger partial charge < -0.3 is 4.90 Å². The van der Waals surface area contributed by atoms with Crippen molar-refractivity contribution < 1.29 is 0 Å². The van der Waals surface area contributed by atoms with E-state index in [0.29, 0.717) is 5.69 Å². The van der Waals surface area contributed by atoms with Crippen LogP contribution in [0.1, 0.15) is 0 Å². The van der Waals surface area contributed by atoms with E-state index in [1.807, 2.05) is 12.1 Å². The first-order valence-corrected chi connectivity index (χ1v) is 6.86. The Bertz CT molecular complexity index is 297. The van der Waals surface area contributed by atoms with Crippen LogP contribution in [0, 0.1) is 4.91 Å². The fraction of sp³-hybridized carbons (Fsp3) is 0.400. The predicted molar refractivity (Wildman–Crippen MR) is 71.7 cm³/mol. The number of nitroso groups, excluding NO2 is 1. The Morgan fingerprint density at radius 1 is 1.07 bits per heavy atom. The minimum atomic E-state index is 0.469. The van der Waals surface area contributed by atoms with E-state index in [2.05, 4.69) is 41.9 Å². The lowest BCUT2D eigenvalue weighted by Gasteiger charge is -2.22. The van der Waals surface area contributed by atoms with Crippen molar-refractivity contribution >= 4 is 43.2 Å². The summed E-state index contributed by atoms with van der Waals surface area (Å²) in [6.07, 6.45) is 0. The lowest BCUT2D eigenvalue weighted by atomic mass is 10.2. The van der Waals surface area contributed by atoms with Crippen molar-refractivity contribution in [3.63, 3.8) is 0 Å². The zero-order chi connectivity index (χ0) is 11.1. The smallest absolute Gasteiger partial charge is 0.108 e. The van der Waals surface area contributed by atoms with Crippen LogP contribution in [0.5, 0.6) is 0 Å². The Morgan fingerprint density at radius 3 is 2.00 bits per heavy atom. The molecule has 1 aromatic rings. The van der Waals surface area contributed by atoms with Crippen LogP contribution in [-0.2, 0) is 0 Å². The Balaban J connectivity index is 2.76. The van der Waals surface area contributed by atoms with E-state index in [1.54, 1.807) is 12.1 Å². The number of anilines is 1. The molecule has 0 unspecified atom stereocenters. The standard InChI is InChI=1S/C10H12Br2N2O/c11-5-7-14(8-6-12)10-3-1-9(13-15)2-4-10/h1-4H,5-8H2. The molecule has 0 radical (unpaired) electrons. The Hall–Kier alpha value is -0.420. The molecule has 0 N–H and O–H groups in total. The number of hydrogen-bond acceptors (Lipinski definition) is 3. The fourth-order valence-corrected chi connectivity index (χ4v) is 2.15. The maximum atomic E-state index is 10.3. The molecule has 0 saturated heterocycles. The van der Waals surface area contributed by atoms with Crippen LogP contribution >= 0.6 is 31.9 Å². The first-order chi connectivity index (χ1) is 7.31. The van der Waals surface area contributed by atoms with Gasteiger partial charge in [0.25, 0.3) is 0 Å². The minimum absolute atomic E-state index is 0.469. The van der Waals surface area contributed by atoms with Crippen molar-refractivity contribution in [2.24, 2.45) is 5.18 Å². The van der Waals surface area contributed by atoms with Crippen LogP contribution in [0.25, 0.3) is 0 Å². The van der Waals surface area contributed by atoms with E-state index < -0.39 is 0 Å². The summed E-state index contributed by atoms with van der Waals surface area (Å²) in [7, 11) is 0. The van der Waals surface area contributed by atoms with E-state index in [-0.39, 0.29) is 0 Å². The predicted octanol–water partition coefficient (Wildman–Crippen LogP) is 3.68. The largest absolute Gasteiger partial charge is 0.370 e. The van der Waals surface area contributed by atoms with Gasteiger partial charge in [-0.05, 0) is 29.4 Å². The highest BCUT2D eigenvalue weighted by molar-refractivity contribution is 9.09. The molecule has 0 atom stereocenters. The summed E-state index contributed by atoms with van der Waals surface area (Å²) in [6.45, 7) is 1.89. The van der Waals surface area contributed by atoms with Crippen molar-refractivity contribution in [3.05, 3.63) is 29.2 Å². The summed E-state index contributed by atoms with van der Waals surface area (Å²) in [5.74, 6) is 0. The van der Waals surface area contributed by atoms with E-state index in [1.165, 1.54) is 0 Å². The second kappa shape index (κ2) is 6.95. The van der Waals surface area contributed by atoms with Gasteiger partial charge in [-0.3, -0.25) is 0 Å². The van der Waals surface area contributed by atoms with E-state index >= 15 is 0 Å². The minimum Gasteiger partial charge on any atom is -0.370 e. The van der Waals surface area contributed by atoms with Gasteiger partial charge in [-0.15, -0.1) is 4.91 Å². The summed E-state index contributed by atoms with van der Waals surface area (Å²) in [6, 6.07) is 7.31. The molecule has 82 valence electrons. The highest BCUT2D eigenvalue weighted by atomic mass is 79.9. The summed E-state index contributed by atoms with van der Waals surface area (Å²) in [4.78, 5) is 12.5. The van der Waals surface area contributed by atoms with Gasteiger partial charge in [-0.2, -0.15) is 0 Å². The topological polar surface area (TPSA) is 32.7 Å². The molecule has 5 heteroatoms. The Morgan fingerprint density at radius 2 is 1.60 bits per heavy atom. The maximum Gasteiger partial charge on any atom is 0.108 e. The third-order valence-corrected chi connectivity index (χ3v) is 2.74. The van der Waals surface area contributed by atoms with Crippen molar-refractivity contribution in [3.8, 4) is 0 Å². The molecule has 0 spiro atoms. The first-order valence-electron chi connectivity index (χ1n) is 4.62. The van der Waals surface area contributed by atoms with Gasteiger partial charge in [-0.1, -0.05) is 31.9 Å². The third-order valence-electron chi connectivity index (χ3n) is 2.03. The second-order valence-corrected chi connectivity index (χ2v) is 4.56. The zero-order valence-electron chi connectivity index (χ0n) is 8.20. The monoisotopic (exact) mass is 334 g/mol. The molecule has 0 bridgehead atoms. The van der Waals surface area contributed by atoms with Gasteiger partial charge >= 0.3 is 0 Å². The molecule has 0 amide bonds. The van der Waals surface area contributed by atoms with Crippen molar-refractivity contribution in [1.82, 2.24) is 0 Å². The average molecular weight is 336 g/mol. The third kappa shape index (κ3) is 3.91. The van der Waals surface area contributed by atoms with Crippen LogP contribution in [-0.4, -0.2) is 23.7 Å². The molecular formula is C10H12Br2N2O. The summed E-state index contributed by atoms with van der Waals surface area (Å²) in [5, 5.41) is 4.72. The molecule has 0 aliphatic rings. The van der Waals surface area contributed by atoms with Gasteiger partial charge in [0.15, 0.2) is 0 Å². The lowest BCUT2D eigenvalue weighted by Crippen LogP contribution is -2.27. The number of rotatable bonds is 6. The van der Waals surface area contributed by atoms with E-state index in [0.717, 1.165) is 29.4 Å². The van der Waals surface area contributed by atoms with Gasteiger partial charge in [-0.25, -0.2) is 0 Å². The maximum absolute atomic E-state index is 10.3. The van der Waals surface area contributed by atoms with E-state index in [4.69, 9.17) is 0 Å². The lowest BCUT2D eigenvalue weighted by molar-refractivity contribution is 0.885. The Kier molecular flexibility index (Phi) is 5.86. The quantitative estimate of drug-likeness (QED) is 0.586.